The maximum absolute atomic E-state index is 11.2. The minimum Gasteiger partial charge on any atom is -0.396 e. The highest BCUT2D eigenvalue weighted by atomic mass is 32.2. The number of rotatable bonds is 4. The van der Waals surface area contributed by atoms with E-state index in [0.29, 0.717) is 29.3 Å². The largest absolute Gasteiger partial charge is 0.396 e. The number of fused-ring (bicyclic) bond motifs is 1. The van der Waals surface area contributed by atoms with E-state index in [1.54, 1.807) is 12.3 Å². The van der Waals surface area contributed by atoms with Crippen LogP contribution in [0.3, 0.4) is 0 Å². The van der Waals surface area contributed by atoms with Gasteiger partial charge < -0.3 is 11.1 Å². The molecule has 0 fully saturated rings. The summed E-state index contributed by atoms with van der Waals surface area (Å²) in [6.07, 6.45) is 2.78. The molecule has 0 aliphatic carbocycles. The molecule has 24 heavy (non-hydrogen) atoms. The summed E-state index contributed by atoms with van der Waals surface area (Å²) in [6, 6.07) is 6.79. The molecule has 0 saturated carbocycles. The van der Waals surface area contributed by atoms with E-state index in [4.69, 9.17) is 10.9 Å². The zero-order valence-corrected chi connectivity index (χ0v) is 13.7. The first-order chi connectivity index (χ1) is 11.3. The molecule has 0 spiro atoms. The number of nitrogens with two attached hydrogens (primary N) is 2. The highest BCUT2D eigenvalue weighted by molar-refractivity contribution is 7.89. The molecule has 0 aliphatic heterocycles. The van der Waals surface area contributed by atoms with E-state index in [0.717, 1.165) is 11.1 Å². The monoisotopic (exact) mass is 344 g/mol. The Balaban J connectivity index is 1.87. The number of hydrogen-bond donors (Lipinski definition) is 3. The van der Waals surface area contributed by atoms with Crippen molar-refractivity contribution in [1.82, 2.24) is 15.0 Å². The summed E-state index contributed by atoms with van der Waals surface area (Å²) in [5.74, 6) is 0. The summed E-state index contributed by atoms with van der Waals surface area (Å²) in [5, 5.41) is 9.06. The van der Waals surface area contributed by atoms with Gasteiger partial charge in [-0.2, -0.15) is 0 Å². The molecular formula is C15H16N6O2S. The molecule has 9 heteroatoms. The van der Waals surface area contributed by atoms with Crippen LogP contribution in [0.25, 0.3) is 11.0 Å². The molecule has 3 heterocycles. The Morgan fingerprint density at radius 2 is 1.92 bits per heavy atom. The van der Waals surface area contributed by atoms with Crippen molar-refractivity contribution in [3.05, 3.63) is 48.0 Å². The highest BCUT2D eigenvalue weighted by Crippen LogP contribution is 2.27. The summed E-state index contributed by atoms with van der Waals surface area (Å²) >= 11 is 0. The van der Waals surface area contributed by atoms with Crippen LogP contribution in [-0.4, -0.2) is 23.4 Å². The number of hydrogen-bond acceptors (Lipinski definition) is 7. The number of sulfonamides is 1. The third-order valence-corrected chi connectivity index (χ3v) is 4.37. The lowest BCUT2D eigenvalue weighted by molar-refractivity contribution is 0.597. The molecule has 5 N–H and O–H groups in total. The smallest absolute Gasteiger partial charge is 0.239 e. The van der Waals surface area contributed by atoms with Gasteiger partial charge in [-0.25, -0.2) is 23.5 Å². The molecule has 3 rings (SSSR count). The second-order valence-corrected chi connectivity index (χ2v) is 6.86. The van der Waals surface area contributed by atoms with Crippen LogP contribution in [0.1, 0.15) is 11.4 Å². The van der Waals surface area contributed by atoms with E-state index in [1.165, 1.54) is 12.3 Å². The van der Waals surface area contributed by atoms with Gasteiger partial charge in [-0.15, -0.1) is 0 Å². The van der Waals surface area contributed by atoms with Crippen molar-refractivity contribution >= 4 is 32.4 Å². The zero-order valence-electron chi connectivity index (χ0n) is 12.9. The number of nitrogen functional groups attached to an aromatic ring is 1. The Hall–Kier alpha value is -2.78. The molecule has 0 atom stereocenters. The van der Waals surface area contributed by atoms with Crippen molar-refractivity contribution in [3.63, 3.8) is 0 Å². The van der Waals surface area contributed by atoms with Crippen LogP contribution < -0.4 is 16.2 Å². The SMILES string of the molecule is Cc1ccc2c(NCc3ccc(S(N)(=O)=O)cn3)c(N)cnc2n1. The van der Waals surface area contributed by atoms with Crippen LogP contribution in [0.15, 0.2) is 41.6 Å². The minimum absolute atomic E-state index is 0.0280. The Morgan fingerprint density at radius 1 is 1.12 bits per heavy atom. The van der Waals surface area contributed by atoms with Crippen molar-refractivity contribution in [2.45, 2.75) is 18.4 Å². The third-order valence-electron chi connectivity index (χ3n) is 3.47. The molecule has 8 nitrogen and oxygen atoms in total. The Bertz CT molecular complexity index is 1000. The summed E-state index contributed by atoms with van der Waals surface area (Å²) in [4.78, 5) is 12.7. The first-order valence-electron chi connectivity index (χ1n) is 7.08. The number of pyridine rings is 3. The maximum atomic E-state index is 11.2. The second-order valence-electron chi connectivity index (χ2n) is 5.30. The second kappa shape index (κ2) is 6.02. The summed E-state index contributed by atoms with van der Waals surface area (Å²) in [6.45, 7) is 2.25. The molecule has 3 aromatic heterocycles. The minimum atomic E-state index is -3.75. The van der Waals surface area contributed by atoms with Crippen LogP contribution in [0, 0.1) is 6.92 Å². The van der Waals surface area contributed by atoms with Crippen LogP contribution in [0.4, 0.5) is 11.4 Å². The van der Waals surface area contributed by atoms with Gasteiger partial charge in [-0.1, -0.05) is 0 Å². The fourth-order valence-electron chi connectivity index (χ4n) is 2.25. The molecule has 0 saturated heterocycles. The van der Waals surface area contributed by atoms with Crippen LogP contribution >= 0.6 is 0 Å². The number of primary sulfonamides is 1. The topological polar surface area (TPSA) is 137 Å². The highest BCUT2D eigenvalue weighted by Gasteiger charge is 2.10. The van der Waals surface area contributed by atoms with Crippen LogP contribution in [0.5, 0.6) is 0 Å². The number of nitrogens with one attached hydrogen (secondary N) is 1. The Kier molecular flexibility index (Phi) is 4.04. The van der Waals surface area contributed by atoms with E-state index in [1.807, 2.05) is 19.1 Å². The van der Waals surface area contributed by atoms with Gasteiger partial charge in [0.25, 0.3) is 0 Å². The van der Waals surface area contributed by atoms with Crippen molar-refractivity contribution in [2.75, 3.05) is 11.1 Å². The number of aryl methyl sites for hydroxylation is 1. The first kappa shape index (κ1) is 16.1. The first-order valence-corrected chi connectivity index (χ1v) is 8.62. The van der Waals surface area contributed by atoms with Gasteiger partial charge in [0.15, 0.2) is 5.65 Å². The van der Waals surface area contributed by atoms with Crippen molar-refractivity contribution < 1.29 is 8.42 Å². The fraction of sp³-hybridized carbons (Fsp3) is 0.133. The molecule has 3 aromatic rings. The quantitative estimate of drug-likeness (QED) is 0.646. The fourth-order valence-corrected chi connectivity index (χ4v) is 2.70. The van der Waals surface area contributed by atoms with Gasteiger partial charge in [0.1, 0.15) is 4.90 Å². The van der Waals surface area contributed by atoms with E-state index in [2.05, 4.69) is 20.3 Å². The van der Waals surface area contributed by atoms with Gasteiger partial charge in [-0.3, -0.25) is 4.98 Å². The lowest BCUT2D eigenvalue weighted by Crippen LogP contribution is -2.13. The van der Waals surface area contributed by atoms with Crippen LogP contribution in [0.2, 0.25) is 0 Å². The standard InChI is InChI=1S/C15H16N6O2S/c1-9-2-5-12-14(13(16)8-20-15(12)21-9)19-6-10-3-4-11(7-18-10)24(17,22)23/h2-5,7-8H,6,16H2,1H3,(H2,17,22,23)(H,19,20,21). The van der Waals surface area contributed by atoms with Gasteiger partial charge in [0, 0.05) is 17.3 Å². The molecule has 0 unspecified atom stereocenters. The lowest BCUT2D eigenvalue weighted by Gasteiger charge is -2.12. The zero-order chi connectivity index (χ0) is 17.3. The normalized spacial score (nSPS) is 11.6. The van der Waals surface area contributed by atoms with Gasteiger partial charge in [0.2, 0.25) is 10.0 Å². The summed E-state index contributed by atoms with van der Waals surface area (Å²) in [7, 11) is -3.75. The number of nitrogens with zero attached hydrogens (tertiary/aromatic N) is 3. The van der Waals surface area contributed by atoms with E-state index in [9.17, 15) is 8.42 Å². The molecule has 0 aromatic carbocycles. The molecule has 0 amide bonds. The van der Waals surface area contributed by atoms with E-state index < -0.39 is 10.0 Å². The maximum Gasteiger partial charge on any atom is 0.239 e. The van der Waals surface area contributed by atoms with Crippen molar-refractivity contribution in [3.8, 4) is 0 Å². The molecule has 0 bridgehead atoms. The van der Waals surface area contributed by atoms with Crippen molar-refractivity contribution in [2.24, 2.45) is 5.14 Å². The van der Waals surface area contributed by atoms with Crippen LogP contribution in [-0.2, 0) is 16.6 Å². The predicted octanol–water partition coefficient (Wildman–Crippen LogP) is 1.17. The average molecular weight is 344 g/mol. The van der Waals surface area contributed by atoms with Gasteiger partial charge in [-0.05, 0) is 31.2 Å². The lowest BCUT2D eigenvalue weighted by atomic mass is 10.2. The summed E-state index contributed by atoms with van der Waals surface area (Å²) < 4.78 is 22.5. The van der Waals surface area contributed by atoms with E-state index in [-0.39, 0.29) is 4.90 Å². The number of anilines is 2. The molecule has 0 radical (unpaired) electrons. The third kappa shape index (κ3) is 3.26. The average Bonchev–Trinajstić information content (AvgIpc) is 2.53. The molecule has 0 aliphatic rings. The van der Waals surface area contributed by atoms with Gasteiger partial charge in [0.05, 0.1) is 29.8 Å². The van der Waals surface area contributed by atoms with E-state index >= 15 is 0 Å². The molecule has 124 valence electrons. The van der Waals surface area contributed by atoms with Gasteiger partial charge >= 0.3 is 0 Å². The Morgan fingerprint density at radius 3 is 2.58 bits per heavy atom. The van der Waals surface area contributed by atoms with Crippen molar-refractivity contribution in [1.29, 1.82) is 0 Å². The number of aromatic nitrogens is 3. The Labute approximate surface area is 139 Å². The molecular weight excluding hydrogens is 328 g/mol. The predicted molar refractivity (Wildman–Crippen MR) is 91.6 cm³/mol. The summed E-state index contributed by atoms with van der Waals surface area (Å²) in [5.41, 5.74) is 9.32.